The van der Waals surface area contributed by atoms with Crippen LogP contribution in [0.5, 0.6) is 0 Å². The number of anilines is 1. The summed E-state index contributed by atoms with van der Waals surface area (Å²) in [6.07, 6.45) is 2.88. The second kappa shape index (κ2) is 7.28. The fourth-order valence-electron chi connectivity index (χ4n) is 1.97. The standard InChI is InChI=1S/C14H22N2O3S/c1-4-9-16(10-5-2)14(17)12-7-6-8-13(11-12)15-20(3,18)19/h6-8,11,15H,4-5,9-10H2,1-3H3. The normalized spacial score (nSPS) is 11.2. The molecule has 0 saturated carbocycles. The first-order valence-corrected chi connectivity index (χ1v) is 8.63. The van der Waals surface area contributed by atoms with Crippen LogP contribution in [0.2, 0.25) is 0 Å². The van der Waals surface area contributed by atoms with Gasteiger partial charge in [0.2, 0.25) is 10.0 Å². The van der Waals surface area contributed by atoms with Crippen LogP contribution in [-0.4, -0.2) is 38.6 Å². The Labute approximate surface area is 121 Å². The highest BCUT2D eigenvalue weighted by molar-refractivity contribution is 7.92. The van der Waals surface area contributed by atoms with Crippen molar-refractivity contribution >= 4 is 21.6 Å². The van der Waals surface area contributed by atoms with Gasteiger partial charge in [0, 0.05) is 24.3 Å². The molecule has 0 aromatic heterocycles. The van der Waals surface area contributed by atoms with Crippen molar-refractivity contribution in [2.45, 2.75) is 26.7 Å². The van der Waals surface area contributed by atoms with Crippen molar-refractivity contribution < 1.29 is 13.2 Å². The van der Waals surface area contributed by atoms with E-state index in [-0.39, 0.29) is 5.91 Å². The van der Waals surface area contributed by atoms with Crippen molar-refractivity contribution in [3.05, 3.63) is 29.8 Å². The molecular weight excluding hydrogens is 276 g/mol. The van der Waals surface area contributed by atoms with Crippen LogP contribution in [0.1, 0.15) is 37.0 Å². The number of carbonyl (C=O) groups excluding carboxylic acids is 1. The minimum Gasteiger partial charge on any atom is -0.339 e. The topological polar surface area (TPSA) is 66.5 Å². The van der Waals surface area contributed by atoms with E-state index < -0.39 is 10.0 Å². The Morgan fingerprint density at radius 3 is 2.30 bits per heavy atom. The van der Waals surface area contributed by atoms with Gasteiger partial charge in [-0.15, -0.1) is 0 Å². The summed E-state index contributed by atoms with van der Waals surface area (Å²) in [6, 6.07) is 6.58. The summed E-state index contributed by atoms with van der Waals surface area (Å²) in [6.45, 7) is 5.46. The fraction of sp³-hybridized carbons (Fsp3) is 0.500. The SMILES string of the molecule is CCCN(CCC)C(=O)c1cccc(NS(C)(=O)=O)c1. The maximum absolute atomic E-state index is 12.4. The van der Waals surface area contributed by atoms with E-state index in [9.17, 15) is 13.2 Å². The number of amides is 1. The Bertz CT molecular complexity index is 549. The van der Waals surface area contributed by atoms with Crippen LogP contribution in [0.25, 0.3) is 0 Å². The molecule has 0 radical (unpaired) electrons. The lowest BCUT2D eigenvalue weighted by Gasteiger charge is -2.21. The van der Waals surface area contributed by atoms with Crippen LogP contribution >= 0.6 is 0 Å². The van der Waals surface area contributed by atoms with E-state index in [0.717, 1.165) is 19.1 Å². The van der Waals surface area contributed by atoms with Crippen LogP contribution in [0, 0.1) is 0 Å². The molecule has 0 bridgehead atoms. The predicted octanol–water partition coefficient (Wildman–Crippen LogP) is 2.32. The molecule has 0 atom stereocenters. The number of benzene rings is 1. The smallest absolute Gasteiger partial charge is 0.253 e. The summed E-state index contributed by atoms with van der Waals surface area (Å²) in [7, 11) is -3.34. The summed E-state index contributed by atoms with van der Waals surface area (Å²) in [5, 5.41) is 0. The number of sulfonamides is 1. The molecule has 0 saturated heterocycles. The molecule has 0 heterocycles. The number of carbonyl (C=O) groups is 1. The van der Waals surface area contributed by atoms with Crippen LogP contribution in [0.3, 0.4) is 0 Å². The summed E-state index contributed by atoms with van der Waals surface area (Å²) in [4.78, 5) is 14.2. The van der Waals surface area contributed by atoms with E-state index in [0.29, 0.717) is 24.3 Å². The molecule has 1 N–H and O–H groups in total. The van der Waals surface area contributed by atoms with Gasteiger partial charge in [-0.3, -0.25) is 9.52 Å². The molecule has 0 aliphatic rings. The Kier molecular flexibility index (Phi) is 6.01. The fourth-order valence-corrected chi connectivity index (χ4v) is 2.52. The summed E-state index contributed by atoms with van der Waals surface area (Å²) in [5.41, 5.74) is 0.909. The van der Waals surface area contributed by atoms with Gasteiger partial charge in [0.25, 0.3) is 5.91 Å². The maximum Gasteiger partial charge on any atom is 0.253 e. The molecule has 112 valence electrons. The van der Waals surface area contributed by atoms with E-state index in [1.54, 1.807) is 29.2 Å². The highest BCUT2D eigenvalue weighted by atomic mass is 32.2. The van der Waals surface area contributed by atoms with Gasteiger partial charge in [0.05, 0.1) is 6.26 Å². The number of hydrogen-bond donors (Lipinski definition) is 1. The van der Waals surface area contributed by atoms with Crippen molar-refractivity contribution in [1.29, 1.82) is 0 Å². The molecule has 1 aromatic carbocycles. The molecular formula is C14H22N2O3S. The first-order chi connectivity index (χ1) is 9.37. The Morgan fingerprint density at radius 1 is 1.20 bits per heavy atom. The van der Waals surface area contributed by atoms with Gasteiger partial charge in [0.15, 0.2) is 0 Å². The summed E-state index contributed by atoms with van der Waals surface area (Å²) in [5.74, 6) is -0.0640. The van der Waals surface area contributed by atoms with Crippen LogP contribution in [-0.2, 0) is 10.0 Å². The first kappa shape index (κ1) is 16.5. The largest absolute Gasteiger partial charge is 0.339 e. The molecule has 1 aromatic rings. The van der Waals surface area contributed by atoms with Crippen molar-refractivity contribution in [2.24, 2.45) is 0 Å². The van der Waals surface area contributed by atoms with Gasteiger partial charge in [-0.1, -0.05) is 19.9 Å². The average molecular weight is 298 g/mol. The number of nitrogens with one attached hydrogen (secondary N) is 1. The van der Waals surface area contributed by atoms with Crippen LogP contribution in [0.4, 0.5) is 5.69 Å². The first-order valence-electron chi connectivity index (χ1n) is 6.74. The Morgan fingerprint density at radius 2 is 1.80 bits per heavy atom. The van der Waals surface area contributed by atoms with Gasteiger partial charge in [-0.25, -0.2) is 8.42 Å². The second-order valence-corrected chi connectivity index (χ2v) is 6.50. The van der Waals surface area contributed by atoms with Crippen molar-refractivity contribution in [3.63, 3.8) is 0 Å². The van der Waals surface area contributed by atoms with E-state index in [2.05, 4.69) is 4.72 Å². The highest BCUT2D eigenvalue weighted by Gasteiger charge is 2.15. The van der Waals surface area contributed by atoms with Crippen LogP contribution < -0.4 is 4.72 Å². The van der Waals surface area contributed by atoms with E-state index in [1.165, 1.54) is 0 Å². The molecule has 6 heteroatoms. The third kappa shape index (κ3) is 5.21. The van der Waals surface area contributed by atoms with Crippen LogP contribution in [0.15, 0.2) is 24.3 Å². The van der Waals surface area contributed by atoms with Gasteiger partial charge in [0.1, 0.15) is 0 Å². The molecule has 0 aliphatic heterocycles. The van der Waals surface area contributed by atoms with Gasteiger partial charge in [-0.05, 0) is 31.0 Å². The zero-order valence-electron chi connectivity index (χ0n) is 12.2. The minimum absolute atomic E-state index is 0.0640. The lowest BCUT2D eigenvalue weighted by atomic mass is 10.1. The van der Waals surface area contributed by atoms with Crippen molar-refractivity contribution in [3.8, 4) is 0 Å². The molecule has 0 fully saturated rings. The zero-order chi connectivity index (χ0) is 15.2. The zero-order valence-corrected chi connectivity index (χ0v) is 13.0. The molecule has 5 nitrogen and oxygen atoms in total. The number of rotatable bonds is 7. The predicted molar refractivity (Wildman–Crippen MR) is 81.4 cm³/mol. The average Bonchev–Trinajstić information content (AvgIpc) is 2.36. The minimum atomic E-state index is -3.34. The second-order valence-electron chi connectivity index (χ2n) is 4.75. The molecule has 0 unspecified atom stereocenters. The van der Waals surface area contributed by atoms with E-state index >= 15 is 0 Å². The summed E-state index contributed by atoms with van der Waals surface area (Å²) >= 11 is 0. The Balaban J connectivity index is 2.94. The van der Waals surface area contributed by atoms with Gasteiger partial charge < -0.3 is 4.90 Å². The third-order valence-electron chi connectivity index (χ3n) is 2.69. The monoisotopic (exact) mass is 298 g/mol. The molecule has 0 aliphatic carbocycles. The van der Waals surface area contributed by atoms with Crippen molar-refractivity contribution in [2.75, 3.05) is 24.1 Å². The summed E-state index contributed by atoms with van der Waals surface area (Å²) < 4.78 is 24.8. The third-order valence-corrected chi connectivity index (χ3v) is 3.29. The maximum atomic E-state index is 12.4. The Hall–Kier alpha value is -1.56. The quantitative estimate of drug-likeness (QED) is 0.840. The van der Waals surface area contributed by atoms with Gasteiger partial charge >= 0.3 is 0 Å². The molecule has 20 heavy (non-hydrogen) atoms. The van der Waals surface area contributed by atoms with E-state index in [1.807, 2.05) is 13.8 Å². The molecule has 1 amide bonds. The molecule has 0 spiro atoms. The lowest BCUT2D eigenvalue weighted by molar-refractivity contribution is 0.0755. The van der Waals surface area contributed by atoms with E-state index in [4.69, 9.17) is 0 Å². The number of hydrogen-bond acceptors (Lipinski definition) is 3. The lowest BCUT2D eigenvalue weighted by Crippen LogP contribution is -2.32. The highest BCUT2D eigenvalue weighted by Crippen LogP contribution is 2.14. The van der Waals surface area contributed by atoms with Gasteiger partial charge in [-0.2, -0.15) is 0 Å². The number of nitrogens with zero attached hydrogens (tertiary/aromatic N) is 1. The molecule has 1 rings (SSSR count). The van der Waals surface area contributed by atoms with Crippen molar-refractivity contribution in [1.82, 2.24) is 4.90 Å².